The summed E-state index contributed by atoms with van der Waals surface area (Å²) in [7, 11) is 0. The van der Waals surface area contributed by atoms with Gasteiger partial charge in [-0.1, -0.05) is 0 Å². The number of primary amides is 1. The van der Waals surface area contributed by atoms with Gasteiger partial charge in [-0.25, -0.2) is 0 Å². The van der Waals surface area contributed by atoms with Crippen molar-refractivity contribution >= 4 is 11.6 Å². The van der Waals surface area contributed by atoms with Gasteiger partial charge >= 0.3 is 0 Å². The van der Waals surface area contributed by atoms with Crippen molar-refractivity contribution in [1.82, 2.24) is 19.7 Å². The minimum absolute atomic E-state index is 0.0762. The topological polar surface area (TPSA) is 98.7 Å². The van der Waals surface area contributed by atoms with Gasteiger partial charge in [0.15, 0.2) is 0 Å². The monoisotopic (exact) mass is 232 g/mol. The zero-order chi connectivity index (χ0) is 12.1. The lowest BCUT2D eigenvalue weighted by Gasteiger charge is -2.01. The fraction of sp³-hybridized carbons (Fsp3) is 0.200. The molecule has 0 aliphatic heterocycles. The molecule has 2 rings (SSSR count). The van der Waals surface area contributed by atoms with E-state index in [1.807, 2.05) is 0 Å². The number of carbonyl (C=O) groups is 1. The van der Waals surface area contributed by atoms with E-state index in [9.17, 15) is 4.79 Å². The van der Waals surface area contributed by atoms with Gasteiger partial charge in [0.2, 0.25) is 5.91 Å². The molecule has 0 aliphatic carbocycles. The van der Waals surface area contributed by atoms with Gasteiger partial charge in [-0.3, -0.25) is 19.4 Å². The molecule has 3 N–H and O–H groups in total. The molecule has 7 heteroatoms. The van der Waals surface area contributed by atoms with Crippen molar-refractivity contribution in [1.29, 1.82) is 0 Å². The zero-order valence-corrected chi connectivity index (χ0v) is 9.08. The number of amides is 1. The molecule has 0 aliphatic rings. The van der Waals surface area contributed by atoms with Crippen molar-refractivity contribution < 1.29 is 4.79 Å². The molecule has 1 amide bonds. The Morgan fingerprint density at radius 3 is 3.00 bits per heavy atom. The lowest BCUT2D eigenvalue weighted by molar-refractivity contribution is -0.118. The van der Waals surface area contributed by atoms with Crippen LogP contribution in [0, 0.1) is 0 Å². The number of nitrogens with zero attached hydrogens (tertiary/aromatic N) is 4. The largest absolute Gasteiger partial charge is 0.377 e. The summed E-state index contributed by atoms with van der Waals surface area (Å²) >= 11 is 0. The van der Waals surface area contributed by atoms with Crippen LogP contribution in [-0.2, 0) is 17.9 Å². The van der Waals surface area contributed by atoms with Gasteiger partial charge in [-0.2, -0.15) is 5.10 Å². The first kappa shape index (κ1) is 11.1. The Kier molecular flexibility index (Phi) is 3.29. The van der Waals surface area contributed by atoms with Crippen LogP contribution in [0.4, 0.5) is 5.69 Å². The van der Waals surface area contributed by atoms with Crippen LogP contribution in [0.3, 0.4) is 0 Å². The molecular weight excluding hydrogens is 220 g/mol. The van der Waals surface area contributed by atoms with Crippen LogP contribution >= 0.6 is 0 Å². The summed E-state index contributed by atoms with van der Waals surface area (Å²) in [5.74, 6) is -0.423. The van der Waals surface area contributed by atoms with Gasteiger partial charge in [0.25, 0.3) is 0 Å². The second-order valence-corrected chi connectivity index (χ2v) is 3.44. The minimum Gasteiger partial charge on any atom is -0.377 e. The Morgan fingerprint density at radius 2 is 2.29 bits per heavy atom. The Bertz CT molecular complexity index is 495. The van der Waals surface area contributed by atoms with Crippen LogP contribution in [0.5, 0.6) is 0 Å². The molecule has 17 heavy (non-hydrogen) atoms. The number of hydrogen-bond donors (Lipinski definition) is 2. The van der Waals surface area contributed by atoms with Crippen LogP contribution in [0.25, 0.3) is 0 Å². The number of rotatable bonds is 5. The summed E-state index contributed by atoms with van der Waals surface area (Å²) in [4.78, 5) is 18.8. The van der Waals surface area contributed by atoms with Crippen molar-refractivity contribution in [3.63, 3.8) is 0 Å². The van der Waals surface area contributed by atoms with E-state index in [4.69, 9.17) is 5.73 Å². The fourth-order valence-electron chi connectivity index (χ4n) is 1.31. The first-order valence-electron chi connectivity index (χ1n) is 5.03. The summed E-state index contributed by atoms with van der Waals surface area (Å²) < 4.78 is 1.47. The van der Waals surface area contributed by atoms with E-state index in [0.717, 1.165) is 11.4 Å². The van der Waals surface area contributed by atoms with E-state index in [0.29, 0.717) is 6.54 Å². The molecule has 0 saturated carbocycles. The second kappa shape index (κ2) is 5.06. The van der Waals surface area contributed by atoms with Gasteiger partial charge in [0.1, 0.15) is 6.54 Å². The van der Waals surface area contributed by atoms with E-state index in [1.165, 1.54) is 4.68 Å². The average molecular weight is 232 g/mol. The number of nitrogens with one attached hydrogen (secondary N) is 1. The first-order chi connectivity index (χ1) is 8.24. The molecule has 0 spiro atoms. The quantitative estimate of drug-likeness (QED) is 0.742. The molecule has 0 bridgehead atoms. The van der Waals surface area contributed by atoms with Crippen LogP contribution in [-0.4, -0.2) is 25.7 Å². The highest BCUT2D eigenvalue weighted by Gasteiger charge is 2.01. The Morgan fingerprint density at radius 1 is 1.41 bits per heavy atom. The van der Waals surface area contributed by atoms with Crippen molar-refractivity contribution in [3.8, 4) is 0 Å². The molecular formula is C10H12N6O. The highest BCUT2D eigenvalue weighted by molar-refractivity contribution is 5.73. The first-order valence-corrected chi connectivity index (χ1v) is 5.03. The van der Waals surface area contributed by atoms with Gasteiger partial charge in [0, 0.05) is 18.6 Å². The number of carbonyl (C=O) groups excluding carboxylic acids is 1. The van der Waals surface area contributed by atoms with Gasteiger partial charge < -0.3 is 11.1 Å². The van der Waals surface area contributed by atoms with Crippen molar-refractivity contribution in [2.45, 2.75) is 13.1 Å². The molecule has 0 unspecified atom stereocenters. The summed E-state index contributed by atoms with van der Waals surface area (Å²) in [6.45, 7) is 0.628. The molecule has 0 aromatic carbocycles. The SMILES string of the molecule is NC(=O)Cn1cc(NCc2cnccn2)cn1. The van der Waals surface area contributed by atoms with Gasteiger partial charge in [0.05, 0.1) is 30.3 Å². The number of aromatic nitrogens is 4. The third-order valence-corrected chi connectivity index (χ3v) is 2.04. The molecule has 0 saturated heterocycles. The van der Waals surface area contributed by atoms with Crippen molar-refractivity contribution in [3.05, 3.63) is 36.7 Å². The normalized spacial score (nSPS) is 10.1. The van der Waals surface area contributed by atoms with Crippen molar-refractivity contribution in [2.75, 3.05) is 5.32 Å². The van der Waals surface area contributed by atoms with E-state index in [2.05, 4.69) is 20.4 Å². The maximum absolute atomic E-state index is 10.7. The van der Waals surface area contributed by atoms with E-state index < -0.39 is 5.91 Å². The Balaban J connectivity index is 1.91. The highest BCUT2D eigenvalue weighted by Crippen LogP contribution is 2.06. The standard InChI is InChI=1S/C10H12N6O/c11-10(17)7-16-6-9(5-15-16)14-4-8-3-12-1-2-13-8/h1-3,5-6,14H,4,7H2,(H2,11,17). The molecule has 2 heterocycles. The molecule has 88 valence electrons. The van der Waals surface area contributed by atoms with E-state index >= 15 is 0 Å². The Hall–Kier alpha value is -2.44. The van der Waals surface area contributed by atoms with Crippen LogP contribution in [0.15, 0.2) is 31.0 Å². The maximum atomic E-state index is 10.7. The summed E-state index contributed by atoms with van der Waals surface area (Å²) in [5, 5.41) is 7.10. The molecule has 0 atom stereocenters. The van der Waals surface area contributed by atoms with Gasteiger partial charge in [-0.05, 0) is 0 Å². The molecule has 0 radical (unpaired) electrons. The van der Waals surface area contributed by atoms with Gasteiger partial charge in [-0.15, -0.1) is 0 Å². The maximum Gasteiger partial charge on any atom is 0.239 e. The molecule has 2 aromatic rings. The van der Waals surface area contributed by atoms with Crippen molar-refractivity contribution in [2.24, 2.45) is 5.73 Å². The summed E-state index contributed by atoms with van der Waals surface area (Å²) in [6.07, 6.45) is 8.27. The zero-order valence-electron chi connectivity index (χ0n) is 9.08. The lowest BCUT2D eigenvalue weighted by Crippen LogP contribution is -2.18. The third kappa shape index (κ3) is 3.26. The van der Waals surface area contributed by atoms with Crippen LogP contribution in [0.1, 0.15) is 5.69 Å². The summed E-state index contributed by atoms with van der Waals surface area (Å²) in [6, 6.07) is 0. The smallest absolute Gasteiger partial charge is 0.239 e. The predicted molar refractivity (Wildman–Crippen MR) is 60.8 cm³/mol. The minimum atomic E-state index is -0.423. The Labute approximate surface area is 97.7 Å². The predicted octanol–water partition coefficient (Wildman–Crippen LogP) is -0.230. The average Bonchev–Trinajstić information content (AvgIpc) is 2.75. The fourth-order valence-corrected chi connectivity index (χ4v) is 1.31. The number of anilines is 1. The lowest BCUT2D eigenvalue weighted by atomic mass is 10.4. The highest BCUT2D eigenvalue weighted by atomic mass is 16.1. The van der Waals surface area contributed by atoms with E-state index in [1.54, 1.807) is 31.0 Å². The molecule has 0 fully saturated rings. The third-order valence-electron chi connectivity index (χ3n) is 2.04. The van der Waals surface area contributed by atoms with Crippen LogP contribution in [0.2, 0.25) is 0 Å². The second-order valence-electron chi connectivity index (χ2n) is 3.44. The molecule has 2 aromatic heterocycles. The van der Waals surface area contributed by atoms with E-state index in [-0.39, 0.29) is 6.54 Å². The summed E-state index contributed by atoms with van der Waals surface area (Å²) in [5.41, 5.74) is 6.69. The molecule has 7 nitrogen and oxygen atoms in total. The number of nitrogens with two attached hydrogens (primary N) is 1. The van der Waals surface area contributed by atoms with Crippen LogP contribution < -0.4 is 11.1 Å². The number of hydrogen-bond acceptors (Lipinski definition) is 5.